The standard InChI is InChI=1S/C27H40N2O6/c1-6-18(17-30)29-21-23(32)28(25(3,4)5)15-12-14-27(21)19(22(29)31)20-24(33)34-16-11-9-8-10-13-26(20,7-2)35-27/h10,12-14,18-21,30H,6-9,11,15-17H2,1-5H3/b13-10-/t18-,19-,20-,21?,26+,27-/m0/s1. The second-order valence-corrected chi connectivity index (χ2v) is 11.2. The third-order valence-electron chi connectivity index (χ3n) is 8.21. The third-order valence-corrected chi connectivity index (χ3v) is 8.21. The van der Waals surface area contributed by atoms with E-state index in [2.05, 4.69) is 0 Å². The molecule has 0 saturated carbocycles. The molecule has 8 heteroatoms. The maximum atomic E-state index is 14.2. The Morgan fingerprint density at radius 1 is 1.09 bits per heavy atom. The number of fused-ring (bicyclic) bond motifs is 2. The first-order chi connectivity index (χ1) is 16.6. The van der Waals surface area contributed by atoms with Crippen LogP contribution in [-0.2, 0) is 23.9 Å². The molecule has 4 rings (SSSR count). The Hall–Kier alpha value is -2.19. The number of rotatable bonds is 4. The molecule has 1 unspecified atom stereocenters. The summed E-state index contributed by atoms with van der Waals surface area (Å²) < 4.78 is 12.6. The van der Waals surface area contributed by atoms with E-state index in [-0.39, 0.29) is 18.4 Å². The van der Waals surface area contributed by atoms with Crippen LogP contribution in [0.25, 0.3) is 0 Å². The van der Waals surface area contributed by atoms with Gasteiger partial charge in [0.25, 0.3) is 0 Å². The fourth-order valence-electron chi connectivity index (χ4n) is 6.39. The van der Waals surface area contributed by atoms with Crippen molar-refractivity contribution in [3.63, 3.8) is 0 Å². The molecule has 6 atom stereocenters. The number of aliphatic hydroxyl groups is 1. The molecule has 0 aliphatic carbocycles. The second kappa shape index (κ2) is 9.36. The first-order valence-electron chi connectivity index (χ1n) is 13.0. The number of carbonyl (C=O) groups is 3. The number of esters is 1. The van der Waals surface area contributed by atoms with E-state index in [9.17, 15) is 19.5 Å². The van der Waals surface area contributed by atoms with Crippen molar-refractivity contribution in [1.82, 2.24) is 9.80 Å². The van der Waals surface area contributed by atoms with Crippen LogP contribution in [0.15, 0.2) is 24.3 Å². The Labute approximate surface area is 208 Å². The van der Waals surface area contributed by atoms with E-state index in [1.54, 1.807) is 4.90 Å². The minimum absolute atomic E-state index is 0.224. The fourth-order valence-corrected chi connectivity index (χ4v) is 6.39. The zero-order valence-corrected chi connectivity index (χ0v) is 21.7. The minimum Gasteiger partial charge on any atom is -0.465 e. The van der Waals surface area contributed by atoms with Gasteiger partial charge in [-0.05, 0) is 52.9 Å². The van der Waals surface area contributed by atoms with E-state index in [1.807, 2.05) is 58.9 Å². The van der Waals surface area contributed by atoms with Crippen LogP contribution in [0.4, 0.5) is 0 Å². The number of hydrogen-bond acceptors (Lipinski definition) is 6. The van der Waals surface area contributed by atoms with Gasteiger partial charge in [-0.2, -0.15) is 0 Å². The zero-order chi connectivity index (χ0) is 25.6. The summed E-state index contributed by atoms with van der Waals surface area (Å²) in [6.07, 6.45) is 11.1. The molecule has 0 aromatic heterocycles. The predicted molar refractivity (Wildman–Crippen MR) is 130 cm³/mol. The van der Waals surface area contributed by atoms with Gasteiger partial charge < -0.3 is 24.4 Å². The van der Waals surface area contributed by atoms with Gasteiger partial charge in [0, 0.05) is 12.1 Å². The third kappa shape index (κ3) is 3.93. The van der Waals surface area contributed by atoms with Crippen LogP contribution in [0.5, 0.6) is 0 Å². The lowest BCUT2D eigenvalue weighted by molar-refractivity contribution is -0.164. The molecular formula is C27H40N2O6. The van der Waals surface area contributed by atoms with Gasteiger partial charge in [0.15, 0.2) is 0 Å². The summed E-state index contributed by atoms with van der Waals surface area (Å²) in [4.78, 5) is 45.3. The summed E-state index contributed by atoms with van der Waals surface area (Å²) in [5.74, 6) is -2.80. The monoisotopic (exact) mass is 488 g/mol. The van der Waals surface area contributed by atoms with E-state index in [1.165, 1.54) is 4.90 Å². The Morgan fingerprint density at radius 2 is 1.83 bits per heavy atom. The lowest BCUT2D eigenvalue weighted by Gasteiger charge is -2.43. The van der Waals surface area contributed by atoms with Crippen LogP contribution >= 0.6 is 0 Å². The van der Waals surface area contributed by atoms with Crippen molar-refractivity contribution in [2.24, 2.45) is 11.8 Å². The van der Waals surface area contributed by atoms with Gasteiger partial charge in [0.05, 0.1) is 25.2 Å². The lowest BCUT2D eigenvalue weighted by Crippen LogP contribution is -2.61. The molecule has 35 heavy (non-hydrogen) atoms. The topological polar surface area (TPSA) is 96.4 Å². The highest BCUT2D eigenvalue weighted by Crippen LogP contribution is 2.58. The predicted octanol–water partition coefficient (Wildman–Crippen LogP) is 2.60. The molecule has 194 valence electrons. The van der Waals surface area contributed by atoms with E-state index >= 15 is 0 Å². The van der Waals surface area contributed by atoms with Gasteiger partial charge in [-0.3, -0.25) is 14.4 Å². The molecule has 1 N–H and O–H groups in total. The maximum Gasteiger partial charge on any atom is 0.313 e. The zero-order valence-electron chi connectivity index (χ0n) is 21.7. The van der Waals surface area contributed by atoms with Crippen LogP contribution in [-0.4, -0.2) is 81.3 Å². The van der Waals surface area contributed by atoms with Crippen molar-refractivity contribution in [3.8, 4) is 0 Å². The molecule has 2 saturated heterocycles. The molecule has 4 aliphatic heterocycles. The first kappa shape index (κ1) is 25.9. The lowest BCUT2D eigenvalue weighted by atomic mass is 9.73. The minimum atomic E-state index is -1.32. The van der Waals surface area contributed by atoms with E-state index in [4.69, 9.17) is 9.47 Å². The molecule has 8 nitrogen and oxygen atoms in total. The molecule has 0 aromatic carbocycles. The number of aliphatic hydroxyl groups excluding tert-OH is 1. The van der Waals surface area contributed by atoms with Gasteiger partial charge in [0.2, 0.25) is 11.8 Å². The van der Waals surface area contributed by atoms with E-state index in [0.717, 1.165) is 19.3 Å². The summed E-state index contributed by atoms with van der Waals surface area (Å²) in [5.41, 5.74) is -2.87. The highest BCUT2D eigenvalue weighted by molar-refractivity contribution is 5.99. The first-order valence-corrected chi connectivity index (χ1v) is 13.0. The Kier molecular flexibility index (Phi) is 6.92. The molecule has 4 heterocycles. The van der Waals surface area contributed by atoms with Gasteiger partial charge in [-0.15, -0.1) is 0 Å². The van der Waals surface area contributed by atoms with Crippen LogP contribution in [0.2, 0.25) is 0 Å². The number of cyclic esters (lactones) is 1. The quantitative estimate of drug-likeness (QED) is 0.483. The van der Waals surface area contributed by atoms with Gasteiger partial charge >= 0.3 is 5.97 Å². The Bertz CT molecular complexity index is 919. The van der Waals surface area contributed by atoms with Gasteiger partial charge in [-0.1, -0.05) is 38.2 Å². The van der Waals surface area contributed by atoms with Crippen LogP contribution < -0.4 is 0 Å². The number of carbonyl (C=O) groups excluding carboxylic acids is 3. The van der Waals surface area contributed by atoms with E-state index < -0.39 is 46.6 Å². The Morgan fingerprint density at radius 3 is 2.46 bits per heavy atom. The number of nitrogens with zero attached hydrogens (tertiary/aromatic N) is 2. The number of ether oxygens (including phenoxy) is 2. The fraction of sp³-hybridized carbons (Fsp3) is 0.741. The largest absolute Gasteiger partial charge is 0.465 e. The van der Waals surface area contributed by atoms with Gasteiger partial charge in [0.1, 0.15) is 23.2 Å². The maximum absolute atomic E-state index is 14.2. The van der Waals surface area contributed by atoms with Crippen molar-refractivity contribution in [1.29, 1.82) is 0 Å². The number of likely N-dealkylation sites (tertiary alicyclic amines) is 1. The van der Waals surface area contributed by atoms with Crippen molar-refractivity contribution in [2.75, 3.05) is 19.8 Å². The van der Waals surface area contributed by atoms with Crippen molar-refractivity contribution in [2.45, 2.75) is 95.5 Å². The van der Waals surface area contributed by atoms with Crippen LogP contribution in [0.1, 0.15) is 66.7 Å². The molecule has 2 amide bonds. The number of amides is 2. The smallest absolute Gasteiger partial charge is 0.313 e. The second-order valence-electron chi connectivity index (χ2n) is 11.2. The molecule has 4 aliphatic rings. The van der Waals surface area contributed by atoms with Gasteiger partial charge in [-0.25, -0.2) is 0 Å². The Balaban J connectivity index is 1.94. The number of allylic oxidation sites excluding steroid dienone is 1. The molecule has 1 spiro atoms. The molecule has 0 bridgehead atoms. The summed E-state index contributed by atoms with van der Waals surface area (Å²) in [5, 5.41) is 10.2. The molecule has 0 aromatic rings. The van der Waals surface area contributed by atoms with Crippen molar-refractivity contribution >= 4 is 17.8 Å². The average Bonchev–Trinajstić information content (AvgIpc) is 3.16. The number of hydrogen-bond donors (Lipinski definition) is 1. The summed E-state index contributed by atoms with van der Waals surface area (Å²) in [6.45, 7) is 10.1. The highest BCUT2D eigenvalue weighted by atomic mass is 16.6. The molecule has 0 radical (unpaired) electrons. The van der Waals surface area contributed by atoms with Crippen molar-refractivity contribution in [3.05, 3.63) is 24.3 Å². The summed E-state index contributed by atoms with van der Waals surface area (Å²) in [7, 11) is 0. The highest BCUT2D eigenvalue weighted by Gasteiger charge is 2.76. The molecular weight excluding hydrogens is 448 g/mol. The van der Waals surface area contributed by atoms with E-state index in [0.29, 0.717) is 26.0 Å². The van der Waals surface area contributed by atoms with Crippen LogP contribution in [0.3, 0.4) is 0 Å². The summed E-state index contributed by atoms with van der Waals surface area (Å²) >= 11 is 0. The average molecular weight is 489 g/mol. The van der Waals surface area contributed by atoms with Crippen molar-refractivity contribution < 1.29 is 29.0 Å². The SMILES string of the molecule is CC[C@@H](CO)N1C(=O)[C@@H]2[C@H]3C(=O)OCCCC/C=C\[C@@]3(CC)O[C@@]23C=CCN(C(C)(C)C)C(=O)C13. The molecule has 2 fully saturated rings. The summed E-state index contributed by atoms with van der Waals surface area (Å²) in [6, 6.07) is -1.53. The normalized spacial score (nSPS) is 37.3. The van der Waals surface area contributed by atoms with Crippen LogP contribution in [0, 0.1) is 11.8 Å².